The first-order valence-electron chi connectivity index (χ1n) is 9.37. The fourth-order valence-electron chi connectivity index (χ4n) is 3.99. The minimum absolute atomic E-state index is 0.334. The van der Waals surface area contributed by atoms with Crippen molar-refractivity contribution in [3.05, 3.63) is 71.4 Å². The van der Waals surface area contributed by atoms with Gasteiger partial charge in [0, 0.05) is 30.2 Å². The summed E-state index contributed by atoms with van der Waals surface area (Å²) < 4.78 is 16.3. The van der Waals surface area contributed by atoms with E-state index in [1.165, 1.54) is 12.1 Å². The molecule has 7 heteroatoms. The summed E-state index contributed by atoms with van der Waals surface area (Å²) in [6.45, 7) is 3.65. The molecule has 0 atom stereocenters. The van der Waals surface area contributed by atoms with Crippen LogP contribution in [0.25, 0.3) is 22.3 Å². The number of rotatable bonds is 2. The summed E-state index contributed by atoms with van der Waals surface area (Å²) in [7, 11) is 0. The molecule has 0 unspecified atom stereocenters. The van der Waals surface area contributed by atoms with Gasteiger partial charge >= 0.3 is 0 Å². The van der Waals surface area contributed by atoms with Crippen LogP contribution in [0.1, 0.15) is 17.0 Å². The van der Waals surface area contributed by atoms with E-state index in [2.05, 4.69) is 30.7 Å². The molecule has 0 amide bonds. The Bertz CT molecular complexity index is 1270. The molecule has 0 saturated heterocycles. The van der Waals surface area contributed by atoms with Gasteiger partial charge in [0.05, 0.1) is 23.3 Å². The number of aromatic nitrogens is 4. The summed E-state index contributed by atoms with van der Waals surface area (Å²) in [4.78, 5) is 6.46. The molecule has 1 aliphatic rings. The molecule has 142 valence electrons. The Balaban J connectivity index is 1.60. The summed E-state index contributed by atoms with van der Waals surface area (Å²) in [6, 6.07) is 15.1. The molecule has 0 saturated carbocycles. The standard InChI is InChI=1S/C22H17FN6/c1-14-9-17(23)10-18-20(14)25-12-16(11-24)21(18)28-7-8-29-19(13-28)26-27-22(29)15-5-3-2-4-6-15/h2-6,9-10,12H,7-8,13H2,1H3. The highest BCUT2D eigenvalue weighted by molar-refractivity contribution is 5.96. The predicted molar refractivity (Wildman–Crippen MR) is 108 cm³/mol. The van der Waals surface area contributed by atoms with Gasteiger partial charge in [-0.1, -0.05) is 30.3 Å². The van der Waals surface area contributed by atoms with Crippen LogP contribution in [0.15, 0.2) is 48.7 Å². The van der Waals surface area contributed by atoms with E-state index < -0.39 is 0 Å². The number of benzene rings is 2. The fraction of sp³-hybridized carbons (Fsp3) is 0.182. The van der Waals surface area contributed by atoms with Crippen molar-refractivity contribution in [2.24, 2.45) is 0 Å². The lowest BCUT2D eigenvalue weighted by molar-refractivity contribution is 0.564. The van der Waals surface area contributed by atoms with Crippen molar-refractivity contribution in [1.29, 1.82) is 5.26 Å². The third kappa shape index (κ3) is 2.81. The first kappa shape index (κ1) is 17.3. The highest BCUT2D eigenvalue weighted by atomic mass is 19.1. The minimum atomic E-state index is -0.334. The van der Waals surface area contributed by atoms with Crippen LogP contribution in [0.5, 0.6) is 0 Å². The molecule has 0 bridgehead atoms. The molecule has 5 rings (SSSR count). The van der Waals surface area contributed by atoms with Crippen LogP contribution >= 0.6 is 0 Å². The van der Waals surface area contributed by atoms with Gasteiger partial charge in [0.2, 0.25) is 0 Å². The van der Waals surface area contributed by atoms with Crippen molar-refractivity contribution in [3.63, 3.8) is 0 Å². The molecule has 2 aromatic carbocycles. The van der Waals surface area contributed by atoms with Gasteiger partial charge < -0.3 is 9.47 Å². The zero-order valence-electron chi connectivity index (χ0n) is 15.8. The second kappa shape index (κ2) is 6.67. The molecule has 1 aliphatic heterocycles. The second-order valence-electron chi connectivity index (χ2n) is 7.13. The molecule has 0 N–H and O–H groups in total. The summed E-state index contributed by atoms with van der Waals surface area (Å²) in [5, 5.41) is 19.1. The Morgan fingerprint density at radius 1 is 1.10 bits per heavy atom. The smallest absolute Gasteiger partial charge is 0.164 e. The van der Waals surface area contributed by atoms with E-state index in [0.717, 1.165) is 22.8 Å². The van der Waals surface area contributed by atoms with Crippen molar-refractivity contribution >= 4 is 16.6 Å². The Morgan fingerprint density at radius 2 is 1.93 bits per heavy atom. The number of anilines is 1. The van der Waals surface area contributed by atoms with E-state index in [9.17, 15) is 9.65 Å². The van der Waals surface area contributed by atoms with E-state index in [0.29, 0.717) is 41.8 Å². The van der Waals surface area contributed by atoms with Crippen LogP contribution < -0.4 is 4.90 Å². The van der Waals surface area contributed by atoms with Crippen molar-refractivity contribution in [2.45, 2.75) is 20.0 Å². The zero-order valence-corrected chi connectivity index (χ0v) is 15.8. The monoisotopic (exact) mass is 384 g/mol. The molecule has 0 aliphatic carbocycles. The Hall–Kier alpha value is -3.79. The van der Waals surface area contributed by atoms with E-state index in [4.69, 9.17) is 0 Å². The first-order valence-corrected chi connectivity index (χ1v) is 9.37. The SMILES string of the molecule is Cc1cc(F)cc2c(N3CCn4c(nnc4-c4ccccc4)C3)c(C#N)cnc12. The molecule has 6 nitrogen and oxygen atoms in total. The number of hydrogen-bond acceptors (Lipinski definition) is 5. The molecule has 29 heavy (non-hydrogen) atoms. The van der Waals surface area contributed by atoms with Gasteiger partial charge in [-0.15, -0.1) is 10.2 Å². The van der Waals surface area contributed by atoms with Crippen LogP contribution in [0.2, 0.25) is 0 Å². The molecule has 4 aromatic rings. The first-order chi connectivity index (χ1) is 14.2. The van der Waals surface area contributed by atoms with Gasteiger partial charge in [-0.25, -0.2) is 4.39 Å². The zero-order chi connectivity index (χ0) is 20.0. The summed E-state index contributed by atoms with van der Waals surface area (Å²) in [5.74, 6) is 1.32. The van der Waals surface area contributed by atoms with E-state index in [1.807, 2.05) is 37.3 Å². The Labute approximate surface area is 166 Å². The number of nitriles is 1. The molecular formula is C22H17FN6. The maximum atomic E-state index is 14.2. The number of fused-ring (bicyclic) bond motifs is 2. The Morgan fingerprint density at radius 3 is 2.72 bits per heavy atom. The average molecular weight is 384 g/mol. The summed E-state index contributed by atoms with van der Waals surface area (Å²) in [6.07, 6.45) is 1.57. The van der Waals surface area contributed by atoms with E-state index >= 15 is 0 Å². The summed E-state index contributed by atoms with van der Waals surface area (Å²) >= 11 is 0. The third-order valence-corrected chi connectivity index (χ3v) is 5.32. The van der Waals surface area contributed by atoms with Crippen LogP contribution in [0.4, 0.5) is 10.1 Å². The maximum Gasteiger partial charge on any atom is 0.164 e. The number of nitrogens with zero attached hydrogens (tertiary/aromatic N) is 6. The normalized spacial score (nSPS) is 13.3. The van der Waals surface area contributed by atoms with Gasteiger partial charge in [0.25, 0.3) is 0 Å². The van der Waals surface area contributed by atoms with Gasteiger partial charge in [-0.3, -0.25) is 4.98 Å². The lowest BCUT2D eigenvalue weighted by Crippen LogP contribution is -2.34. The van der Waals surface area contributed by atoms with Crippen LogP contribution in [-0.4, -0.2) is 26.3 Å². The topological polar surface area (TPSA) is 70.6 Å². The van der Waals surface area contributed by atoms with Crippen molar-refractivity contribution in [2.75, 3.05) is 11.4 Å². The molecule has 2 aromatic heterocycles. The second-order valence-corrected chi connectivity index (χ2v) is 7.13. The molecule has 3 heterocycles. The van der Waals surface area contributed by atoms with Crippen LogP contribution in [0.3, 0.4) is 0 Å². The van der Waals surface area contributed by atoms with Gasteiger partial charge in [-0.05, 0) is 24.6 Å². The van der Waals surface area contributed by atoms with Crippen molar-refractivity contribution < 1.29 is 4.39 Å². The largest absolute Gasteiger partial charge is 0.361 e. The van der Waals surface area contributed by atoms with Crippen LogP contribution in [-0.2, 0) is 13.1 Å². The fourth-order valence-corrected chi connectivity index (χ4v) is 3.99. The number of pyridine rings is 1. The van der Waals surface area contributed by atoms with Crippen LogP contribution in [0, 0.1) is 24.1 Å². The van der Waals surface area contributed by atoms with E-state index in [1.54, 1.807) is 6.20 Å². The molecule has 0 radical (unpaired) electrons. The van der Waals surface area contributed by atoms with Gasteiger partial charge in [0.1, 0.15) is 11.9 Å². The van der Waals surface area contributed by atoms with Gasteiger partial charge in [-0.2, -0.15) is 5.26 Å². The minimum Gasteiger partial charge on any atom is -0.361 e. The lowest BCUT2D eigenvalue weighted by Gasteiger charge is -2.31. The quantitative estimate of drug-likeness (QED) is 0.525. The third-order valence-electron chi connectivity index (χ3n) is 5.32. The molecule has 0 spiro atoms. The number of aryl methyl sites for hydroxylation is 1. The summed E-state index contributed by atoms with van der Waals surface area (Å²) in [5.41, 5.74) is 3.61. The highest BCUT2D eigenvalue weighted by Crippen LogP contribution is 2.34. The predicted octanol–water partition coefficient (Wildman–Crippen LogP) is 3.83. The van der Waals surface area contributed by atoms with E-state index in [-0.39, 0.29) is 5.82 Å². The highest BCUT2D eigenvalue weighted by Gasteiger charge is 2.25. The number of halogens is 1. The average Bonchev–Trinajstić information content (AvgIpc) is 3.16. The van der Waals surface area contributed by atoms with Crippen molar-refractivity contribution in [1.82, 2.24) is 19.7 Å². The van der Waals surface area contributed by atoms with Gasteiger partial charge in [0.15, 0.2) is 11.6 Å². The lowest BCUT2D eigenvalue weighted by atomic mass is 10.0. The number of hydrogen-bond donors (Lipinski definition) is 0. The Kier molecular flexibility index (Phi) is 3.98. The molecular weight excluding hydrogens is 367 g/mol. The molecule has 0 fully saturated rings. The maximum absolute atomic E-state index is 14.2. The van der Waals surface area contributed by atoms with Crippen molar-refractivity contribution in [3.8, 4) is 17.5 Å².